The molecule has 0 bridgehead atoms. The van der Waals surface area contributed by atoms with E-state index in [9.17, 15) is 4.79 Å². The number of carbonyl (C=O) groups excluding carboxylic acids is 1. The molecule has 25 heavy (non-hydrogen) atoms. The summed E-state index contributed by atoms with van der Waals surface area (Å²) in [5.74, 6) is 1.39. The molecule has 3 rings (SSSR count). The fourth-order valence-electron chi connectivity index (χ4n) is 3.20. The first-order valence-electron chi connectivity index (χ1n) is 8.78. The third-order valence-corrected chi connectivity index (χ3v) is 5.59. The summed E-state index contributed by atoms with van der Waals surface area (Å²) in [6.07, 6.45) is 2.81. The standard InChI is InChI=1S/C20H25N3OS/c1-16(17-7-3-2-4-8-17)23-12-10-18(13-23)22-20(24)15-25-14-19-9-5-6-11-21-19/h2-9,11,16,18H,10,12-15H2,1H3,(H,22,24)/t16-,18-/m1/s1. The van der Waals surface area contributed by atoms with Crippen LogP contribution in [0, 0.1) is 0 Å². The van der Waals surface area contributed by atoms with Crippen LogP contribution in [0.2, 0.25) is 0 Å². The molecule has 1 saturated heterocycles. The van der Waals surface area contributed by atoms with Gasteiger partial charge < -0.3 is 5.32 Å². The molecular formula is C20H25N3OS. The maximum atomic E-state index is 12.2. The summed E-state index contributed by atoms with van der Waals surface area (Å²) >= 11 is 1.61. The van der Waals surface area contributed by atoms with Crippen LogP contribution in [0.25, 0.3) is 0 Å². The van der Waals surface area contributed by atoms with E-state index in [0.717, 1.165) is 31.0 Å². The van der Waals surface area contributed by atoms with E-state index in [1.807, 2.05) is 24.3 Å². The molecule has 2 atom stereocenters. The minimum Gasteiger partial charge on any atom is -0.351 e. The number of amides is 1. The molecule has 0 radical (unpaired) electrons. The van der Waals surface area contributed by atoms with Crippen molar-refractivity contribution in [3.05, 3.63) is 66.0 Å². The summed E-state index contributed by atoms with van der Waals surface area (Å²) in [7, 11) is 0. The molecule has 1 amide bonds. The first-order valence-corrected chi connectivity index (χ1v) is 9.94. The van der Waals surface area contributed by atoms with Gasteiger partial charge in [0.05, 0.1) is 11.4 Å². The highest BCUT2D eigenvalue weighted by Crippen LogP contribution is 2.24. The predicted octanol–water partition coefficient (Wildman–Crippen LogP) is 3.27. The van der Waals surface area contributed by atoms with Crippen LogP contribution in [0.5, 0.6) is 0 Å². The molecule has 1 aliphatic rings. The van der Waals surface area contributed by atoms with Gasteiger partial charge in [-0.25, -0.2) is 0 Å². The van der Waals surface area contributed by atoms with Crippen molar-refractivity contribution in [2.75, 3.05) is 18.8 Å². The lowest BCUT2D eigenvalue weighted by Gasteiger charge is -2.24. The highest BCUT2D eigenvalue weighted by atomic mass is 32.2. The van der Waals surface area contributed by atoms with Crippen LogP contribution in [-0.4, -0.2) is 40.7 Å². The third-order valence-electron chi connectivity index (χ3n) is 4.62. The average molecular weight is 356 g/mol. The fraction of sp³-hybridized carbons (Fsp3) is 0.400. The Kier molecular flexibility index (Phi) is 6.48. The van der Waals surface area contributed by atoms with Crippen molar-refractivity contribution in [1.82, 2.24) is 15.2 Å². The van der Waals surface area contributed by atoms with Crippen LogP contribution < -0.4 is 5.32 Å². The van der Waals surface area contributed by atoms with Crippen LogP contribution in [0.3, 0.4) is 0 Å². The Hall–Kier alpha value is -1.85. The minimum absolute atomic E-state index is 0.125. The number of aromatic nitrogens is 1. The van der Waals surface area contributed by atoms with Gasteiger partial charge in [0.2, 0.25) is 5.91 Å². The Morgan fingerprint density at radius 2 is 2.08 bits per heavy atom. The van der Waals surface area contributed by atoms with Crippen molar-refractivity contribution >= 4 is 17.7 Å². The van der Waals surface area contributed by atoms with Crippen molar-refractivity contribution in [2.45, 2.75) is 31.2 Å². The number of hydrogen-bond donors (Lipinski definition) is 1. The zero-order valence-electron chi connectivity index (χ0n) is 14.6. The molecule has 2 aromatic rings. The van der Waals surface area contributed by atoms with E-state index in [1.54, 1.807) is 18.0 Å². The van der Waals surface area contributed by atoms with E-state index in [1.165, 1.54) is 5.56 Å². The highest BCUT2D eigenvalue weighted by Gasteiger charge is 2.27. The lowest BCUT2D eigenvalue weighted by Crippen LogP contribution is -2.38. The molecule has 1 aromatic carbocycles. The lowest BCUT2D eigenvalue weighted by molar-refractivity contribution is -0.119. The molecule has 0 aliphatic carbocycles. The SMILES string of the molecule is C[C@H](c1ccccc1)N1CC[C@@H](NC(=O)CSCc2ccccn2)C1. The zero-order valence-corrected chi connectivity index (χ0v) is 15.4. The highest BCUT2D eigenvalue weighted by molar-refractivity contribution is 7.99. The maximum Gasteiger partial charge on any atom is 0.230 e. The van der Waals surface area contributed by atoms with Gasteiger partial charge in [0.25, 0.3) is 0 Å². The smallest absolute Gasteiger partial charge is 0.230 e. The number of pyridine rings is 1. The molecule has 132 valence electrons. The van der Waals surface area contributed by atoms with E-state index >= 15 is 0 Å². The number of nitrogens with zero attached hydrogens (tertiary/aromatic N) is 2. The summed E-state index contributed by atoms with van der Waals surface area (Å²) in [5, 5.41) is 3.18. The van der Waals surface area contributed by atoms with Crippen molar-refractivity contribution in [3.8, 4) is 0 Å². The van der Waals surface area contributed by atoms with Gasteiger partial charge in [-0.2, -0.15) is 0 Å². The maximum absolute atomic E-state index is 12.2. The first kappa shape index (κ1) is 18.0. The van der Waals surface area contributed by atoms with E-state index < -0.39 is 0 Å². The third kappa shape index (κ3) is 5.31. The van der Waals surface area contributed by atoms with Crippen LogP contribution in [0.4, 0.5) is 0 Å². The molecule has 1 N–H and O–H groups in total. The molecule has 1 aromatic heterocycles. The number of carbonyl (C=O) groups is 1. The number of benzene rings is 1. The fourth-order valence-corrected chi connectivity index (χ4v) is 3.95. The van der Waals surface area contributed by atoms with Gasteiger partial charge >= 0.3 is 0 Å². The summed E-state index contributed by atoms with van der Waals surface area (Å²) in [6.45, 7) is 4.19. The molecule has 1 fully saturated rings. The number of rotatable bonds is 7. The monoisotopic (exact) mass is 355 g/mol. The van der Waals surface area contributed by atoms with Crippen LogP contribution in [0.1, 0.15) is 30.6 Å². The molecule has 5 heteroatoms. The Morgan fingerprint density at radius 3 is 2.84 bits per heavy atom. The molecule has 4 nitrogen and oxygen atoms in total. The topological polar surface area (TPSA) is 45.2 Å². The molecule has 0 saturated carbocycles. The molecular weight excluding hydrogens is 330 g/mol. The summed E-state index contributed by atoms with van der Waals surface area (Å²) in [4.78, 5) is 18.9. The Balaban J connectivity index is 1.39. The van der Waals surface area contributed by atoms with Gasteiger partial charge in [0, 0.05) is 37.1 Å². The van der Waals surface area contributed by atoms with Crippen LogP contribution >= 0.6 is 11.8 Å². The second kappa shape index (κ2) is 9.02. The van der Waals surface area contributed by atoms with Crippen LogP contribution in [-0.2, 0) is 10.5 Å². The first-order chi connectivity index (χ1) is 12.2. The molecule has 0 spiro atoms. The van der Waals surface area contributed by atoms with E-state index in [0.29, 0.717) is 11.8 Å². The van der Waals surface area contributed by atoms with Gasteiger partial charge in [-0.3, -0.25) is 14.7 Å². The largest absolute Gasteiger partial charge is 0.351 e. The zero-order chi connectivity index (χ0) is 17.5. The Morgan fingerprint density at radius 1 is 1.28 bits per heavy atom. The number of likely N-dealkylation sites (tertiary alicyclic amines) is 1. The Bertz CT molecular complexity index is 665. The predicted molar refractivity (Wildman–Crippen MR) is 103 cm³/mol. The van der Waals surface area contributed by atoms with Gasteiger partial charge in [-0.1, -0.05) is 36.4 Å². The minimum atomic E-state index is 0.125. The Labute approximate surface area is 154 Å². The summed E-state index contributed by atoms with van der Waals surface area (Å²) < 4.78 is 0. The van der Waals surface area contributed by atoms with Crippen molar-refractivity contribution in [2.24, 2.45) is 0 Å². The molecule has 2 heterocycles. The average Bonchev–Trinajstić information content (AvgIpc) is 3.11. The van der Waals surface area contributed by atoms with E-state index in [2.05, 4.69) is 46.4 Å². The van der Waals surface area contributed by atoms with E-state index in [4.69, 9.17) is 0 Å². The van der Waals surface area contributed by atoms with Crippen molar-refractivity contribution in [3.63, 3.8) is 0 Å². The van der Waals surface area contributed by atoms with Crippen LogP contribution in [0.15, 0.2) is 54.7 Å². The number of thioether (sulfide) groups is 1. The van der Waals surface area contributed by atoms with Gasteiger partial charge in [0.15, 0.2) is 0 Å². The molecule has 1 aliphatic heterocycles. The van der Waals surface area contributed by atoms with Crippen molar-refractivity contribution < 1.29 is 4.79 Å². The molecule has 0 unspecified atom stereocenters. The van der Waals surface area contributed by atoms with Gasteiger partial charge in [0.1, 0.15) is 0 Å². The summed E-state index contributed by atoms with van der Waals surface area (Å²) in [6, 6.07) is 17.1. The second-order valence-electron chi connectivity index (χ2n) is 6.45. The van der Waals surface area contributed by atoms with Crippen molar-refractivity contribution in [1.29, 1.82) is 0 Å². The number of hydrogen-bond acceptors (Lipinski definition) is 4. The quantitative estimate of drug-likeness (QED) is 0.828. The normalized spacial score (nSPS) is 18.8. The number of nitrogens with one attached hydrogen (secondary N) is 1. The van der Waals surface area contributed by atoms with E-state index in [-0.39, 0.29) is 11.9 Å². The van der Waals surface area contributed by atoms with Gasteiger partial charge in [-0.15, -0.1) is 11.8 Å². The van der Waals surface area contributed by atoms with Gasteiger partial charge in [-0.05, 0) is 31.0 Å². The second-order valence-corrected chi connectivity index (χ2v) is 7.43. The lowest BCUT2D eigenvalue weighted by atomic mass is 10.1. The summed E-state index contributed by atoms with van der Waals surface area (Å²) in [5.41, 5.74) is 2.35.